The number of allylic oxidation sites excluding steroid dienone is 2. The maximum atomic E-state index is 12.4. The number of esters is 1. The number of para-hydroxylation sites is 2. The smallest absolute Gasteiger partial charge is 0.310 e. The Morgan fingerprint density at radius 2 is 1.04 bits per heavy atom. The van der Waals surface area contributed by atoms with Crippen molar-refractivity contribution in [3.05, 3.63) is 141 Å². The lowest BCUT2D eigenvalue weighted by molar-refractivity contribution is -0.147. The normalized spacial score (nSPS) is 19.4. The van der Waals surface area contributed by atoms with Crippen LogP contribution in [0, 0.1) is 34.5 Å². The molecule has 2 saturated carbocycles. The van der Waals surface area contributed by atoms with Gasteiger partial charge in [-0.05, 0) is 94.5 Å². The van der Waals surface area contributed by atoms with E-state index in [0.717, 1.165) is 28.4 Å². The molecule has 54 heavy (non-hydrogen) atoms. The van der Waals surface area contributed by atoms with Crippen molar-refractivity contribution in [2.45, 2.75) is 40.9 Å². The molecule has 4 atom stereocenters. The van der Waals surface area contributed by atoms with Crippen molar-refractivity contribution in [2.24, 2.45) is 34.5 Å². The lowest BCUT2D eigenvalue weighted by atomic mass is 10.1. The average Bonchev–Trinajstić information content (AvgIpc) is 3.88. The Bertz CT molecular complexity index is 1890. The highest BCUT2D eigenvalue weighted by molar-refractivity contribution is 6.56. The first-order valence-electron chi connectivity index (χ1n) is 16.8. The number of carboxylic acid groups (broad SMARTS) is 1. The number of carbonyl (C=O) groups excluding carboxylic acids is 1. The largest absolute Gasteiger partial charge is 0.481 e. The second kappa shape index (κ2) is 20.1. The van der Waals surface area contributed by atoms with E-state index < -0.39 is 5.97 Å². The molecule has 12 heteroatoms. The van der Waals surface area contributed by atoms with Gasteiger partial charge in [0.2, 0.25) is 0 Å². The highest BCUT2D eigenvalue weighted by atomic mass is 35.5. The molecule has 0 aromatic heterocycles. The van der Waals surface area contributed by atoms with E-state index in [-0.39, 0.29) is 68.1 Å². The fourth-order valence-corrected chi connectivity index (χ4v) is 6.61. The molecule has 0 unspecified atom stereocenters. The van der Waals surface area contributed by atoms with Crippen LogP contribution in [0.25, 0.3) is 0 Å². The number of carbonyl (C=O) groups is 2. The van der Waals surface area contributed by atoms with E-state index in [1.165, 1.54) is 0 Å². The second-order valence-electron chi connectivity index (χ2n) is 13.8. The minimum atomic E-state index is -0.782. The number of ether oxygens (including phenoxy) is 3. The Balaban J connectivity index is 0.000000237. The summed E-state index contributed by atoms with van der Waals surface area (Å²) in [5.74, 6) is 1.40. The summed E-state index contributed by atoms with van der Waals surface area (Å²) in [6.07, 6.45) is 3.31. The first-order valence-corrected chi connectivity index (χ1v) is 18.3. The highest BCUT2D eigenvalue weighted by Crippen LogP contribution is 2.60. The third-order valence-corrected chi connectivity index (χ3v) is 9.77. The Morgan fingerprint density at radius 1 is 0.630 bits per heavy atom. The molecular weight excluding hydrogens is 774 g/mol. The number of hydrogen-bond acceptors (Lipinski definition) is 6. The van der Waals surface area contributed by atoms with Gasteiger partial charge >= 0.3 is 11.9 Å². The molecule has 0 spiro atoms. The molecule has 4 aromatic rings. The monoisotopic (exact) mass is 816 g/mol. The van der Waals surface area contributed by atoms with Crippen molar-refractivity contribution in [1.82, 2.24) is 0 Å². The zero-order valence-electron chi connectivity index (χ0n) is 30.2. The van der Waals surface area contributed by atoms with Crippen LogP contribution < -0.4 is 9.47 Å². The van der Waals surface area contributed by atoms with E-state index in [0.29, 0.717) is 5.75 Å². The van der Waals surface area contributed by atoms with E-state index in [2.05, 4.69) is 0 Å². The van der Waals surface area contributed by atoms with Gasteiger partial charge in [0, 0.05) is 0 Å². The first kappa shape index (κ1) is 44.4. The molecule has 2 aliphatic rings. The highest BCUT2D eigenvalue weighted by Gasteiger charge is 2.62. The molecule has 0 radical (unpaired) electrons. The van der Waals surface area contributed by atoms with E-state index in [9.17, 15) is 9.59 Å². The summed E-state index contributed by atoms with van der Waals surface area (Å²) < 4.78 is 17.2. The number of aliphatic hydroxyl groups is 1. The van der Waals surface area contributed by atoms with E-state index in [1.54, 1.807) is 12.2 Å². The van der Waals surface area contributed by atoms with Crippen LogP contribution >= 0.6 is 46.4 Å². The molecule has 8 nitrogen and oxygen atoms in total. The maximum Gasteiger partial charge on any atom is 0.310 e. The van der Waals surface area contributed by atoms with Gasteiger partial charge in [-0.2, -0.15) is 0 Å². The molecule has 2 fully saturated rings. The number of rotatable bonds is 11. The molecule has 4 N–H and O–H groups in total. The summed E-state index contributed by atoms with van der Waals surface area (Å²) in [7, 11) is 0. The van der Waals surface area contributed by atoms with Crippen molar-refractivity contribution < 1.29 is 39.5 Å². The molecule has 0 bridgehead atoms. The first-order chi connectivity index (χ1) is 25.1. The SMILES string of the molecule is CC1(C)[C@H](C=C(Cl)Cl)[C@H]1C(=O)O.CC1(C)[C@H](C=C(Cl)Cl)[C@H]1C(=O)OCc1cccc(Oc2ccccc2)c1.O.OCc1cccc(Oc2ccccc2)c1. The molecule has 0 aliphatic heterocycles. The van der Waals surface area contributed by atoms with Gasteiger partial charge in [0.1, 0.15) is 38.6 Å². The lowest BCUT2D eigenvalue weighted by Crippen LogP contribution is -2.10. The summed E-state index contributed by atoms with van der Waals surface area (Å²) >= 11 is 22.3. The third-order valence-electron chi connectivity index (χ3n) is 9.27. The number of halogens is 4. The van der Waals surface area contributed by atoms with Gasteiger partial charge in [0.15, 0.2) is 0 Å². The summed E-state index contributed by atoms with van der Waals surface area (Å²) in [5.41, 5.74) is 1.32. The van der Waals surface area contributed by atoms with Gasteiger partial charge in [0.25, 0.3) is 0 Å². The van der Waals surface area contributed by atoms with Crippen LogP contribution in [-0.2, 0) is 27.5 Å². The summed E-state index contributed by atoms with van der Waals surface area (Å²) in [5, 5.41) is 17.7. The molecular formula is C42H44Cl4O8. The molecule has 2 aliphatic carbocycles. The Hall–Kier alpha value is -4.02. The zero-order chi connectivity index (χ0) is 38.8. The van der Waals surface area contributed by atoms with Gasteiger partial charge in [-0.15, -0.1) is 0 Å². The number of benzene rings is 4. The summed E-state index contributed by atoms with van der Waals surface area (Å²) in [6, 6.07) is 34.0. The van der Waals surface area contributed by atoms with E-state index in [4.69, 9.17) is 70.8 Å². The van der Waals surface area contributed by atoms with Crippen LogP contribution in [0.1, 0.15) is 38.8 Å². The van der Waals surface area contributed by atoms with Crippen molar-refractivity contribution >= 4 is 58.3 Å². The molecule has 0 saturated heterocycles. The minimum Gasteiger partial charge on any atom is -0.481 e. The van der Waals surface area contributed by atoms with Gasteiger partial charge in [0.05, 0.1) is 18.4 Å². The number of aliphatic hydroxyl groups excluding tert-OH is 1. The lowest BCUT2D eigenvalue weighted by Gasteiger charge is -2.09. The van der Waals surface area contributed by atoms with Crippen LogP contribution in [0.5, 0.6) is 23.0 Å². The number of aliphatic carboxylic acids is 1. The molecule has 0 amide bonds. The van der Waals surface area contributed by atoms with Crippen LogP contribution in [0.3, 0.4) is 0 Å². The second-order valence-corrected chi connectivity index (χ2v) is 15.8. The Kier molecular flexibility index (Phi) is 16.5. The fourth-order valence-electron chi connectivity index (χ4n) is 6.07. The summed E-state index contributed by atoms with van der Waals surface area (Å²) in [4.78, 5) is 23.0. The van der Waals surface area contributed by atoms with Crippen molar-refractivity contribution in [1.29, 1.82) is 0 Å². The molecule has 6 rings (SSSR count). The topological polar surface area (TPSA) is 134 Å². The molecule has 4 aromatic carbocycles. The Labute approximate surface area is 336 Å². The van der Waals surface area contributed by atoms with Gasteiger partial charge in [-0.25, -0.2) is 0 Å². The fraction of sp³-hybridized carbons (Fsp3) is 0.286. The van der Waals surface area contributed by atoms with Gasteiger partial charge in [-0.1, -0.05) is 135 Å². The van der Waals surface area contributed by atoms with E-state index >= 15 is 0 Å². The van der Waals surface area contributed by atoms with Gasteiger partial charge < -0.3 is 29.9 Å². The average molecular weight is 819 g/mol. The molecule has 0 heterocycles. The van der Waals surface area contributed by atoms with Crippen LogP contribution in [-0.4, -0.2) is 27.6 Å². The van der Waals surface area contributed by atoms with Crippen LogP contribution in [0.2, 0.25) is 0 Å². The van der Waals surface area contributed by atoms with E-state index in [1.807, 2.05) is 137 Å². The Morgan fingerprint density at radius 3 is 1.46 bits per heavy atom. The van der Waals surface area contributed by atoms with Crippen molar-refractivity contribution in [3.8, 4) is 23.0 Å². The number of hydrogen-bond donors (Lipinski definition) is 2. The summed E-state index contributed by atoms with van der Waals surface area (Å²) in [6.45, 7) is 8.03. The third kappa shape index (κ3) is 12.8. The van der Waals surface area contributed by atoms with Crippen molar-refractivity contribution in [2.75, 3.05) is 0 Å². The predicted molar refractivity (Wildman–Crippen MR) is 214 cm³/mol. The molecule has 288 valence electrons. The zero-order valence-corrected chi connectivity index (χ0v) is 33.2. The number of carboxylic acids is 1. The quantitative estimate of drug-likeness (QED) is 0.144. The maximum absolute atomic E-state index is 12.4. The standard InChI is InChI=1S/C21H20Cl2O3.C13H12O2.C8H10Cl2O2.H2O/c1-21(2)17(12-18(22)23)19(21)20(24)25-13-14-7-6-10-16(11-14)26-15-8-4-3-5-9-15;14-10-11-5-4-8-13(9-11)15-12-6-2-1-3-7-12;1-8(2)4(3-5(9)10)6(8)7(11)12;/h3-12,17,19H,13H2,1-2H3;1-9,14H,10H2;3-4,6H,1-2H3,(H,11,12);1H2/t17-,19+;;4-,6+;/m1.1./s1. The van der Waals surface area contributed by atoms with Crippen LogP contribution in [0.15, 0.2) is 130 Å². The minimum absolute atomic E-state index is 0. The predicted octanol–water partition coefficient (Wildman–Crippen LogP) is 10.9. The van der Waals surface area contributed by atoms with Crippen molar-refractivity contribution in [3.63, 3.8) is 0 Å². The van der Waals surface area contributed by atoms with Gasteiger partial charge in [-0.3, -0.25) is 9.59 Å². The van der Waals surface area contributed by atoms with Crippen LogP contribution in [0.4, 0.5) is 0 Å².